The van der Waals surface area contributed by atoms with Gasteiger partial charge in [-0.2, -0.15) is 0 Å². The summed E-state index contributed by atoms with van der Waals surface area (Å²) in [7, 11) is -3.66. The van der Waals surface area contributed by atoms with E-state index in [9.17, 15) is 23.1 Å². The van der Waals surface area contributed by atoms with Gasteiger partial charge in [-0.15, -0.1) is 0 Å². The van der Waals surface area contributed by atoms with Crippen LogP contribution in [0.15, 0.2) is 48.5 Å². The summed E-state index contributed by atoms with van der Waals surface area (Å²) in [5.41, 5.74) is 3.03. The molecular formula is C22H28N2O6S. The number of carbonyl (C=O) groups excluding carboxylic acids is 1. The molecule has 0 saturated heterocycles. The molecule has 0 spiro atoms. The van der Waals surface area contributed by atoms with Crippen LogP contribution >= 0.6 is 0 Å². The van der Waals surface area contributed by atoms with Gasteiger partial charge in [-0.1, -0.05) is 55.5 Å². The van der Waals surface area contributed by atoms with Gasteiger partial charge in [0.15, 0.2) is 0 Å². The van der Waals surface area contributed by atoms with Crippen LogP contribution in [0.25, 0.3) is 0 Å². The Labute approximate surface area is 182 Å². The van der Waals surface area contributed by atoms with E-state index in [1.165, 1.54) is 0 Å². The van der Waals surface area contributed by atoms with Crippen LogP contribution in [0.4, 0.5) is 0 Å². The number of aliphatic hydroxyl groups is 1. The lowest BCUT2D eigenvalue weighted by Gasteiger charge is -2.15. The van der Waals surface area contributed by atoms with E-state index in [4.69, 9.17) is 5.11 Å². The maximum Gasteiger partial charge on any atom is 0.322 e. The highest BCUT2D eigenvalue weighted by Gasteiger charge is 2.23. The van der Waals surface area contributed by atoms with Crippen LogP contribution < -0.4 is 10.0 Å². The first-order valence-corrected chi connectivity index (χ1v) is 11.6. The van der Waals surface area contributed by atoms with Gasteiger partial charge >= 0.3 is 5.97 Å². The molecular weight excluding hydrogens is 420 g/mol. The Morgan fingerprint density at radius 3 is 2.26 bits per heavy atom. The number of aliphatic hydroxyl groups excluding tert-OH is 1. The zero-order valence-corrected chi connectivity index (χ0v) is 18.2. The van der Waals surface area contributed by atoms with Crippen LogP contribution in [0.1, 0.15) is 35.6 Å². The number of rotatable bonds is 12. The van der Waals surface area contributed by atoms with Gasteiger partial charge in [0.05, 0.1) is 18.8 Å². The predicted octanol–water partition coefficient (Wildman–Crippen LogP) is 1.36. The molecule has 8 nitrogen and oxygen atoms in total. The largest absolute Gasteiger partial charge is 0.480 e. The van der Waals surface area contributed by atoms with E-state index in [1.54, 1.807) is 55.5 Å². The van der Waals surface area contributed by atoms with Crippen molar-refractivity contribution in [3.63, 3.8) is 0 Å². The topological polar surface area (TPSA) is 133 Å². The van der Waals surface area contributed by atoms with Gasteiger partial charge < -0.3 is 15.5 Å². The van der Waals surface area contributed by atoms with Gasteiger partial charge in [-0.3, -0.25) is 9.59 Å². The van der Waals surface area contributed by atoms with Crippen molar-refractivity contribution >= 4 is 21.9 Å². The van der Waals surface area contributed by atoms with Gasteiger partial charge in [-0.05, 0) is 35.1 Å². The molecule has 0 heterocycles. The summed E-state index contributed by atoms with van der Waals surface area (Å²) in [4.78, 5) is 23.7. The monoisotopic (exact) mass is 448 g/mol. The number of amides is 1. The third-order valence-electron chi connectivity index (χ3n) is 4.58. The number of aliphatic carboxylic acids is 1. The minimum Gasteiger partial charge on any atom is -0.480 e. The fourth-order valence-electron chi connectivity index (χ4n) is 3.04. The van der Waals surface area contributed by atoms with Crippen LogP contribution in [-0.2, 0) is 45.6 Å². The average molecular weight is 449 g/mol. The van der Waals surface area contributed by atoms with Crippen LogP contribution in [-0.4, -0.2) is 42.3 Å². The molecule has 2 aromatic rings. The first kappa shape index (κ1) is 24.5. The SMILES string of the molecule is CCCS(=O)(=O)NC(Cc1cccc(CNC(=O)Cc2ccc(CO)cc2)c1)C(=O)O. The minimum atomic E-state index is -3.66. The van der Waals surface area contributed by atoms with Gasteiger partial charge in [0, 0.05) is 6.54 Å². The molecule has 0 aliphatic rings. The van der Waals surface area contributed by atoms with Crippen LogP contribution in [0.2, 0.25) is 0 Å². The molecule has 4 N–H and O–H groups in total. The number of hydrogen-bond acceptors (Lipinski definition) is 5. The Morgan fingerprint density at radius 2 is 1.65 bits per heavy atom. The molecule has 0 bridgehead atoms. The number of carbonyl (C=O) groups is 2. The Hall–Kier alpha value is -2.75. The Kier molecular flexibility index (Phi) is 9.17. The molecule has 0 aliphatic heterocycles. The van der Waals surface area contributed by atoms with Crippen molar-refractivity contribution < 1.29 is 28.2 Å². The number of carboxylic acids is 1. The van der Waals surface area contributed by atoms with Gasteiger partial charge in [0.1, 0.15) is 6.04 Å². The summed E-state index contributed by atoms with van der Waals surface area (Å²) >= 11 is 0. The van der Waals surface area contributed by atoms with Crippen molar-refractivity contribution in [1.82, 2.24) is 10.0 Å². The molecule has 0 saturated carbocycles. The molecule has 0 aliphatic carbocycles. The first-order valence-electron chi connectivity index (χ1n) is 9.98. The second-order valence-corrected chi connectivity index (χ2v) is 9.15. The lowest BCUT2D eigenvalue weighted by atomic mass is 10.0. The standard InChI is InChI=1S/C22H28N2O6S/c1-2-10-31(29,30)24-20(22(27)28)12-18-4-3-5-19(11-18)14-23-21(26)13-16-6-8-17(15-25)9-7-16/h3-9,11,20,24-25H,2,10,12-15H2,1H3,(H,23,26)(H,27,28). The number of carboxylic acid groups (broad SMARTS) is 1. The second kappa shape index (κ2) is 11.6. The lowest BCUT2D eigenvalue weighted by Crippen LogP contribution is -2.43. The maximum absolute atomic E-state index is 12.2. The van der Waals surface area contributed by atoms with Crippen LogP contribution in [0.3, 0.4) is 0 Å². The molecule has 1 unspecified atom stereocenters. The van der Waals surface area contributed by atoms with Crippen molar-refractivity contribution in [3.8, 4) is 0 Å². The Balaban J connectivity index is 1.95. The Bertz CT molecular complexity index is 989. The van der Waals surface area contributed by atoms with Crippen molar-refractivity contribution in [2.45, 2.75) is 45.4 Å². The Morgan fingerprint density at radius 1 is 1.00 bits per heavy atom. The molecule has 2 aromatic carbocycles. The van der Waals surface area contributed by atoms with Crippen molar-refractivity contribution in [1.29, 1.82) is 0 Å². The third-order valence-corrected chi connectivity index (χ3v) is 6.17. The molecule has 168 valence electrons. The average Bonchev–Trinajstić information content (AvgIpc) is 2.72. The van der Waals surface area contributed by atoms with E-state index in [2.05, 4.69) is 10.0 Å². The first-order chi connectivity index (χ1) is 14.7. The summed E-state index contributed by atoms with van der Waals surface area (Å²) in [5.74, 6) is -1.55. The van der Waals surface area contributed by atoms with E-state index < -0.39 is 22.0 Å². The van der Waals surface area contributed by atoms with Crippen LogP contribution in [0, 0.1) is 0 Å². The molecule has 0 aromatic heterocycles. The summed E-state index contributed by atoms with van der Waals surface area (Å²) in [6, 6.07) is 12.9. The summed E-state index contributed by atoms with van der Waals surface area (Å²) < 4.78 is 26.1. The highest BCUT2D eigenvalue weighted by molar-refractivity contribution is 7.89. The van der Waals surface area contributed by atoms with E-state index in [1.807, 2.05) is 0 Å². The van der Waals surface area contributed by atoms with Gasteiger partial charge in [0.2, 0.25) is 15.9 Å². The number of hydrogen-bond donors (Lipinski definition) is 4. The molecule has 9 heteroatoms. The van der Waals surface area contributed by atoms with E-state index in [0.29, 0.717) is 12.0 Å². The third kappa shape index (κ3) is 8.49. The fraction of sp³-hybridized carbons (Fsp3) is 0.364. The highest BCUT2D eigenvalue weighted by atomic mass is 32.2. The molecule has 2 rings (SSSR count). The van der Waals surface area contributed by atoms with Crippen molar-refractivity contribution in [2.24, 2.45) is 0 Å². The number of benzene rings is 2. The van der Waals surface area contributed by atoms with Gasteiger partial charge in [0.25, 0.3) is 0 Å². The fourth-order valence-corrected chi connectivity index (χ4v) is 4.31. The quantitative estimate of drug-likeness (QED) is 0.388. The van der Waals surface area contributed by atoms with E-state index in [0.717, 1.165) is 16.7 Å². The van der Waals surface area contributed by atoms with Crippen LogP contribution in [0.5, 0.6) is 0 Å². The maximum atomic E-state index is 12.2. The molecule has 1 atom stereocenters. The number of nitrogens with one attached hydrogen (secondary N) is 2. The summed E-state index contributed by atoms with van der Waals surface area (Å²) in [5, 5.41) is 21.3. The van der Waals surface area contributed by atoms with E-state index >= 15 is 0 Å². The smallest absolute Gasteiger partial charge is 0.322 e. The summed E-state index contributed by atoms with van der Waals surface area (Å²) in [6.07, 6.45) is 0.589. The minimum absolute atomic E-state index is 0.00271. The zero-order valence-electron chi connectivity index (χ0n) is 17.4. The molecule has 0 fully saturated rings. The van der Waals surface area contributed by atoms with Crippen molar-refractivity contribution in [2.75, 3.05) is 5.75 Å². The highest BCUT2D eigenvalue weighted by Crippen LogP contribution is 2.10. The van der Waals surface area contributed by atoms with Gasteiger partial charge in [-0.25, -0.2) is 13.1 Å². The summed E-state index contributed by atoms with van der Waals surface area (Å²) in [6.45, 7) is 1.92. The molecule has 1 amide bonds. The van der Waals surface area contributed by atoms with E-state index in [-0.39, 0.29) is 37.7 Å². The predicted molar refractivity (Wildman–Crippen MR) is 117 cm³/mol. The normalized spacial score (nSPS) is 12.3. The lowest BCUT2D eigenvalue weighted by molar-refractivity contribution is -0.138. The molecule has 0 radical (unpaired) electrons. The zero-order chi connectivity index (χ0) is 22.9. The van der Waals surface area contributed by atoms with Crippen molar-refractivity contribution in [3.05, 3.63) is 70.8 Å². The number of sulfonamides is 1. The second-order valence-electron chi connectivity index (χ2n) is 7.28. The molecule has 31 heavy (non-hydrogen) atoms.